The lowest BCUT2D eigenvalue weighted by Gasteiger charge is -2.34. The molecule has 0 radical (unpaired) electrons. The largest absolute Gasteiger partial charge is 0.396 e. The van der Waals surface area contributed by atoms with Gasteiger partial charge in [-0.2, -0.15) is 0 Å². The van der Waals surface area contributed by atoms with Crippen LogP contribution in [0.15, 0.2) is 30.3 Å². The lowest BCUT2D eigenvalue weighted by atomic mass is 10.00. The Hall–Kier alpha value is -0.900. The van der Waals surface area contributed by atoms with E-state index in [4.69, 9.17) is 9.84 Å². The molecule has 1 fully saturated rings. The molecule has 1 aromatic rings. The fourth-order valence-corrected chi connectivity index (χ4v) is 2.41. The van der Waals surface area contributed by atoms with E-state index in [1.807, 2.05) is 6.07 Å². The fraction of sp³-hybridized carbons (Fsp3) is 0.571. The summed E-state index contributed by atoms with van der Waals surface area (Å²) in [6, 6.07) is 11.0. The molecule has 0 aliphatic carbocycles. The molecule has 3 heteroatoms. The average Bonchev–Trinajstić information content (AvgIpc) is 2.42. The lowest BCUT2D eigenvalue weighted by molar-refractivity contribution is 0.0129. The van der Waals surface area contributed by atoms with Crippen LogP contribution in [0.1, 0.15) is 24.4 Å². The number of nitrogens with zero attached hydrogens (tertiary/aromatic N) is 1. The van der Waals surface area contributed by atoms with Gasteiger partial charge in [0.15, 0.2) is 0 Å². The highest BCUT2D eigenvalue weighted by molar-refractivity contribution is 5.19. The third kappa shape index (κ3) is 3.53. The van der Waals surface area contributed by atoms with Gasteiger partial charge < -0.3 is 9.84 Å². The first-order chi connectivity index (χ1) is 8.42. The van der Waals surface area contributed by atoms with Crippen molar-refractivity contribution in [1.82, 2.24) is 4.90 Å². The van der Waals surface area contributed by atoms with Crippen LogP contribution in [0, 0.1) is 0 Å². The molecule has 17 heavy (non-hydrogen) atoms. The summed E-state index contributed by atoms with van der Waals surface area (Å²) < 4.78 is 5.40. The maximum atomic E-state index is 9.02. The first-order valence-corrected chi connectivity index (χ1v) is 6.39. The van der Waals surface area contributed by atoms with Crippen LogP contribution in [0.2, 0.25) is 0 Å². The molecule has 1 heterocycles. The van der Waals surface area contributed by atoms with Crippen LogP contribution in [0.5, 0.6) is 0 Å². The Morgan fingerprint density at radius 2 is 1.88 bits per heavy atom. The number of morpholine rings is 1. The number of aliphatic hydroxyl groups is 1. The molecule has 1 unspecified atom stereocenters. The lowest BCUT2D eigenvalue weighted by Crippen LogP contribution is -2.39. The Kier molecular flexibility index (Phi) is 4.98. The smallest absolute Gasteiger partial charge is 0.0594 e. The molecular weight excluding hydrogens is 214 g/mol. The third-order valence-electron chi connectivity index (χ3n) is 3.31. The molecule has 1 aliphatic heterocycles. The Morgan fingerprint density at radius 3 is 2.53 bits per heavy atom. The van der Waals surface area contributed by atoms with E-state index in [0.717, 1.165) is 39.1 Å². The Morgan fingerprint density at radius 1 is 1.18 bits per heavy atom. The molecule has 1 atom stereocenters. The van der Waals surface area contributed by atoms with E-state index >= 15 is 0 Å². The summed E-state index contributed by atoms with van der Waals surface area (Å²) in [5.41, 5.74) is 1.35. The second kappa shape index (κ2) is 6.74. The molecule has 0 amide bonds. The van der Waals surface area contributed by atoms with Gasteiger partial charge >= 0.3 is 0 Å². The second-order valence-corrected chi connectivity index (χ2v) is 4.44. The van der Waals surface area contributed by atoms with E-state index in [2.05, 4.69) is 29.2 Å². The molecule has 0 bridgehead atoms. The topological polar surface area (TPSA) is 32.7 Å². The SMILES string of the molecule is OCCCC(c1ccccc1)N1CCOCC1. The van der Waals surface area contributed by atoms with E-state index in [1.54, 1.807) is 0 Å². The number of hydrogen-bond donors (Lipinski definition) is 1. The van der Waals surface area contributed by atoms with Crippen molar-refractivity contribution in [3.8, 4) is 0 Å². The van der Waals surface area contributed by atoms with Gasteiger partial charge in [-0.05, 0) is 18.4 Å². The minimum absolute atomic E-state index is 0.272. The summed E-state index contributed by atoms with van der Waals surface area (Å²) in [6.07, 6.45) is 1.87. The summed E-state index contributed by atoms with van der Waals surface area (Å²) in [7, 11) is 0. The van der Waals surface area contributed by atoms with E-state index in [1.165, 1.54) is 5.56 Å². The third-order valence-corrected chi connectivity index (χ3v) is 3.31. The van der Waals surface area contributed by atoms with Crippen molar-refractivity contribution in [1.29, 1.82) is 0 Å². The number of aliphatic hydroxyl groups excluding tert-OH is 1. The molecule has 0 saturated carbocycles. The summed E-state index contributed by atoms with van der Waals surface area (Å²) in [6.45, 7) is 3.90. The summed E-state index contributed by atoms with van der Waals surface area (Å²) in [5, 5.41) is 9.02. The van der Waals surface area contributed by atoms with Gasteiger partial charge in [0.25, 0.3) is 0 Å². The molecular formula is C14H21NO2. The molecule has 1 saturated heterocycles. The quantitative estimate of drug-likeness (QED) is 0.845. The first-order valence-electron chi connectivity index (χ1n) is 6.39. The molecule has 1 aliphatic rings. The minimum Gasteiger partial charge on any atom is -0.396 e. The first kappa shape index (κ1) is 12.6. The Bertz CT molecular complexity index is 309. The van der Waals surface area contributed by atoms with Gasteiger partial charge in [-0.1, -0.05) is 30.3 Å². The number of rotatable bonds is 5. The van der Waals surface area contributed by atoms with Gasteiger partial charge in [0.1, 0.15) is 0 Å². The average molecular weight is 235 g/mol. The Labute approximate surface area is 103 Å². The Balaban J connectivity index is 2.06. The van der Waals surface area contributed by atoms with Crippen molar-refractivity contribution in [2.75, 3.05) is 32.9 Å². The van der Waals surface area contributed by atoms with E-state index in [0.29, 0.717) is 6.04 Å². The molecule has 0 aromatic heterocycles. The van der Waals surface area contributed by atoms with Crippen LogP contribution in [-0.4, -0.2) is 42.9 Å². The van der Waals surface area contributed by atoms with Crippen molar-refractivity contribution in [3.63, 3.8) is 0 Å². The van der Waals surface area contributed by atoms with E-state index in [9.17, 15) is 0 Å². The zero-order valence-electron chi connectivity index (χ0n) is 10.2. The van der Waals surface area contributed by atoms with Crippen molar-refractivity contribution in [3.05, 3.63) is 35.9 Å². The van der Waals surface area contributed by atoms with Gasteiger partial charge in [0.2, 0.25) is 0 Å². The van der Waals surface area contributed by atoms with Gasteiger partial charge in [-0.3, -0.25) is 4.90 Å². The maximum Gasteiger partial charge on any atom is 0.0594 e. The standard InChI is InChI=1S/C14H21NO2/c16-10-4-7-14(13-5-2-1-3-6-13)15-8-11-17-12-9-15/h1-3,5-6,14,16H,4,7-12H2. The molecule has 94 valence electrons. The van der Waals surface area contributed by atoms with Gasteiger partial charge in [0, 0.05) is 25.7 Å². The van der Waals surface area contributed by atoms with Crippen molar-refractivity contribution in [2.24, 2.45) is 0 Å². The molecule has 1 aromatic carbocycles. The van der Waals surface area contributed by atoms with Crippen LogP contribution in [-0.2, 0) is 4.74 Å². The highest BCUT2D eigenvalue weighted by atomic mass is 16.5. The second-order valence-electron chi connectivity index (χ2n) is 4.44. The predicted molar refractivity (Wildman–Crippen MR) is 67.9 cm³/mol. The highest BCUT2D eigenvalue weighted by Crippen LogP contribution is 2.26. The summed E-state index contributed by atoms with van der Waals surface area (Å²) in [5.74, 6) is 0. The number of ether oxygens (including phenoxy) is 1. The molecule has 2 rings (SSSR count). The fourth-order valence-electron chi connectivity index (χ4n) is 2.41. The normalized spacial score (nSPS) is 19.1. The van der Waals surface area contributed by atoms with Crippen molar-refractivity contribution >= 4 is 0 Å². The molecule has 3 nitrogen and oxygen atoms in total. The molecule has 1 N–H and O–H groups in total. The monoisotopic (exact) mass is 235 g/mol. The van der Waals surface area contributed by atoms with Gasteiger partial charge in [0.05, 0.1) is 13.2 Å². The van der Waals surface area contributed by atoms with Crippen LogP contribution in [0.3, 0.4) is 0 Å². The van der Waals surface area contributed by atoms with Crippen LogP contribution < -0.4 is 0 Å². The van der Waals surface area contributed by atoms with E-state index in [-0.39, 0.29) is 6.61 Å². The van der Waals surface area contributed by atoms with Crippen molar-refractivity contribution in [2.45, 2.75) is 18.9 Å². The predicted octanol–water partition coefficient (Wildman–Crippen LogP) is 1.83. The maximum absolute atomic E-state index is 9.02. The zero-order valence-corrected chi connectivity index (χ0v) is 10.2. The minimum atomic E-state index is 0.272. The van der Waals surface area contributed by atoms with Gasteiger partial charge in [-0.15, -0.1) is 0 Å². The molecule has 0 spiro atoms. The number of hydrogen-bond acceptors (Lipinski definition) is 3. The number of benzene rings is 1. The highest BCUT2D eigenvalue weighted by Gasteiger charge is 2.21. The van der Waals surface area contributed by atoms with Crippen LogP contribution in [0.4, 0.5) is 0 Å². The van der Waals surface area contributed by atoms with Crippen LogP contribution in [0.25, 0.3) is 0 Å². The zero-order chi connectivity index (χ0) is 11.9. The summed E-state index contributed by atoms with van der Waals surface area (Å²) in [4.78, 5) is 2.47. The summed E-state index contributed by atoms with van der Waals surface area (Å²) >= 11 is 0. The van der Waals surface area contributed by atoms with E-state index < -0.39 is 0 Å². The van der Waals surface area contributed by atoms with Crippen LogP contribution >= 0.6 is 0 Å². The van der Waals surface area contributed by atoms with Gasteiger partial charge in [-0.25, -0.2) is 0 Å². The van der Waals surface area contributed by atoms with Crippen molar-refractivity contribution < 1.29 is 9.84 Å².